The van der Waals surface area contributed by atoms with Crippen molar-refractivity contribution in [2.75, 3.05) is 0 Å². The number of thiazole rings is 1. The van der Waals surface area contributed by atoms with Crippen molar-refractivity contribution in [2.24, 2.45) is 5.92 Å². The molecule has 3 rings (SSSR count). The lowest BCUT2D eigenvalue weighted by Gasteiger charge is -2.06. The largest absolute Gasteiger partial charge is 0.478 e. The molecule has 0 aliphatic heterocycles. The maximum atomic E-state index is 11.3. The van der Waals surface area contributed by atoms with E-state index >= 15 is 0 Å². The van der Waals surface area contributed by atoms with Gasteiger partial charge in [-0.1, -0.05) is 49.7 Å². The van der Waals surface area contributed by atoms with Gasteiger partial charge in [0.15, 0.2) is 0 Å². The molecule has 134 valence electrons. The van der Waals surface area contributed by atoms with Crippen molar-refractivity contribution in [1.29, 1.82) is 0 Å². The van der Waals surface area contributed by atoms with E-state index in [0.29, 0.717) is 5.92 Å². The monoisotopic (exact) mass is 385 g/mol. The van der Waals surface area contributed by atoms with Crippen LogP contribution in [0.1, 0.15) is 34.6 Å². The first-order chi connectivity index (χ1) is 12.3. The number of hydrogen-bond acceptors (Lipinski definition) is 3. The summed E-state index contributed by atoms with van der Waals surface area (Å²) in [6.07, 6.45) is 0.914. The highest BCUT2D eigenvalue weighted by Gasteiger charge is 2.17. The van der Waals surface area contributed by atoms with Gasteiger partial charge in [0.2, 0.25) is 0 Å². The first-order valence-electron chi connectivity index (χ1n) is 8.45. The molecule has 0 saturated heterocycles. The molecule has 0 amide bonds. The third kappa shape index (κ3) is 3.97. The molecule has 0 spiro atoms. The minimum absolute atomic E-state index is 0.267. The highest BCUT2D eigenvalue weighted by Crippen LogP contribution is 2.36. The summed E-state index contributed by atoms with van der Waals surface area (Å²) in [5, 5.41) is 10.8. The van der Waals surface area contributed by atoms with E-state index < -0.39 is 5.97 Å². The number of carbonyl (C=O) groups is 1. The number of aromatic nitrogens is 1. The Morgan fingerprint density at radius 3 is 2.62 bits per heavy atom. The van der Waals surface area contributed by atoms with Crippen LogP contribution in [0.25, 0.3) is 21.8 Å². The van der Waals surface area contributed by atoms with Gasteiger partial charge in [-0.05, 0) is 43.0 Å². The summed E-state index contributed by atoms with van der Waals surface area (Å²) in [7, 11) is 0. The Bertz CT molecular complexity index is 962. The van der Waals surface area contributed by atoms with E-state index in [1.165, 1.54) is 4.88 Å². The smallest absolute Gasteiger partial charge is 0.335 e. The topological polar surface area (TPSA) is 50.2 Å². The second kappa shape index (κ2) is 7.60. The Morgan fingerprint density at radius 2 is 1.96 bits per heavy atom. The summed E-state index contributed by atoms with van der Waals surface area (Å²) < 4.78 is 0. The van der Waals surface area contributed by atoms with Gasteiger partial charge in [-0.25, -0.2) is 9.78 Å². The van der Waals surface area contributed by atoms with E-state index in [1.54, 1.807) is 29.5 Å². The Balaban J connectivity index is 2.11. The maximum absolute atomic E-state index is 11.3. The third-order valence-corrected chi connectivity index (χ3v) is 5.63. The van der Waals surface area contributed by atoms with Crippen molar-refractivity contribution in [2.45, 2.75) is 27.2 Å². The van der Waals surface area contributed by atoms with Crippen LogP contribution in [-0.4, -0.2) is 16.1 Å². The summed E-state index contributed by atoms with van der Waals surface area (Å²) in [6.45, 7) is 6.33. The number of carboxylic acid groups (broad SMARTS) is 1. The zero-order valence-electron chi connectivity index (χ0n) is 14.9. The van der Waals surface area contributed by atoms with E-state index in [0.717, 1.165) is 38.8 Å². The fraction of sp³-hybridized carbons (Fsp3) is 0.238. The second-order valence-corrected chi connectivity index (χ2v) is 8.23. The van der Waals surface area contributed by atoms with Gasteiger partial charge in [0.05, 0.1) is 11.3 Å². The van der Waals surface area contributed by atoms with E-state index in [-0.39, 0.29) is 5.56 Å². The number of aromatic carboxylic acids is 1. The zero-order valence-corrected chi connectivity index (χ0v) is 16.5. The first-order valence-corrected chi connectivity index (χ1v) is 9.64. The molecule has 3 aromatic rings. The molecule has 3 nitrogen and oxygen atoms in total. The standard InChI is InChI=1S/C21H20ClNO2S/c1-12(2)9-18-19(14-8-7-13(3)17(22)11-14)23-20(26-18)15-5-4-6-16(10-15)21(24)25/h4-8,10-12H,9H2,1-3H3,(H,24,25). The molecule has 2 aromatic carbocycles. The number of benzene rings is 2. The number of hydrogen-bond donors (Lipinski definition) is 1. The van der Waals surface area contributed by atoms with E-state index in [9.17, 15) is 9.90 Å². The maximum Gasteiger partial charge on any atom is 0.335 e. The Morgan fingerprint density at radius 1 is 1.19 bits per heavy atom. The van der Waals surface area contributed by atoms with Crippen molar-refractivity contribution in [3.8, 4) is 21.8 Å². The summed E-state index contributed by atoms with van der Waals surface area (Å²) in [5.74, 6) is -0.440. The van der Waals surface area contributed by atoms with Crippen LogP contribution >= 0.6 is 22.9 Å². The van der Waals surface area contributed by atoms with Crippen LogP contribution in [0.4, 0.5) is 0 Å². The summed E-state index contributed by atoms with van der Waals surface area (Å²) >= 11 is 7.93. The number of nitrogens with zero attached hydrogens (tertiary/aromatic N) is 1. The van der Waals surface area contributed by atoms with E-state index in [1.807, 2.05) is 31.2 Å². The molecular weight excluding hydrogens is 366 g/mol. The van der Waals surface area contributed by atoms with Gasteiger partial charge in [0.1, 0.15) is 5.01 Å². The Labute approximate surface area is 162 Å². The van der Waals surface area contributed by atoms with Crippen molar-refractivity contribution in [3.63, 3.8) is 0 Å². The van der Waals surface area contributed by atoms with Gasteiger partial charge in [0, 0.05) is 21.0 Å². The lowest BCUT2D eigenvalue weighted by molar-refractivity contribution is 0.0697. The Kier molecular flexibility index (Phi) is 5.44. The van der Waals surface area contributed by atoms with Crippen LogP contribution in [0.15, 0.2) is 42.5 Å². The molecule has 0 aliphatic rings. The molecule has 1 N–H and O–H groups in total. The highest BCUT2D eigenvalue weighted by molar-refractivity contribution is 7.15. The quantitative estimate of drug-likeness (QED) is 0.557. The van der Waals surface area contributed by atoms with Gasteiger partial charge in [0.25, 0.3) is 0 Å². The SMILES string of the molecule is Cc1ccc(-c2nc(-c3cccc(C(=O)O)c3)sc2CC(C)C)cc1Cl. The molecule has 5 heteroatoms. The fourth-order valence-corrected chi connectivity index (χ4v) is 4.21. The average molecular weight is 386 g/mol. The third-order valence-electron chi connectivity index (χ3n) is 4.09. The van der Waals surface area contributed by atoms with Crippen LogP contribution in [0.2, 0.25) is 5.02 Å². The second-order valence-electron chi connectivity index (χ2n) is 6.74. The molecule has 0 saturated carbocycles. The van der Waals surface area contributed by atoms with E-state index in [2.05, 4.69) is 13.8 Å². The summed E-state index contributed by atoms with van der Waals surface area (Å²) in [6, 6.07) is 12.9. The molecule has 0 atom stereocenters. The molecule has 26 heavy (non-hydrogen) atoms. The molecule has 1 aromatic heterocycles. The molecule has 0 unspecified atom stereocenters. The molecule has 0 radical (unpaired) electrons. The van der Waals surface area contributed by atoms with Gasteiger partial charge >= 0.3 is 5.97 Å². The number of carboxylic acids is 1. The molecule has 1 heterocycles. The van der Waals surface area contributed by atoms with Gasteiger partial charge in [-0.2, -0.15) is 0 Å². The minimum atomic E-state index is -0.934. The van der Waals surface area contributed by atoms with Crippen LogP contribution in [0.5, 0.6) is 0 Å². The lowest BCUT2D eigenvalue weighted by atomic mass is 10.0. The van der Waals surface area contributed by atoms with E-state index in [4.69, 9.17) is 16.6 Å². The molecule has 0 fully saturated rings. The van der Waals surface area contributed by atoms with Crippen molar-refractivity contribution in [3.05, 3.63) is 63.5 Å². The Hall–Kier alpha value is -2.17. The first kappa shape index (κ1) is 18.6. The predicted octanol–water partition coefficient (Wildman–Crippen LogP) is 6.34. The van der Waals surface area contributed by atoms with Gasteiger partial charge < -0.3 is 5.11 Å². The van der Waals surface area contributed by atoms with Crippen LogP contribution in [-0.2, 0) is 6.42 Å². The van der Waals surface area contributed by atoms with Crippen molar-refractivity contribution in [1.82, 2.24) is 4.98 Å². The van der Waals surface area contributed by atoms with Gasteiger partial charge in [-0.15, -0.1) is 11.3 Å². The molecule has 0 aliphatic carbocycles. The predicted molar refractivity (Wildman–Crippen MR) is 108 cm³/mol. The number of rotatable bonds is 5. The zero-order chi connectivity index (χ0) is 18.8. The number of halogens is 1. The highest BCUT2D eigenvalue weighted by atomic mass is 35.5. The van der Waals surface area contributed by atoms with Crippen molar-refractivity contribution < 1.29 is 9.90 Å². The molecule has 0 bridgehead atoms. The van der Waals surface area contributed by atoms with Crippen molar-refractivity contribution >= 4 is 28.9 Å². The van der Waals surface area contributed by atoms with Crippen LogP contribution in [0, 0.1) is 12.8 Å². The van der Waals surface area contributed by atoms with Crippen LogP contribution in [0.3, 0.4) is 0 Å². The summed E-state index contributed by atoms with van der Waals surface area (Å²) in [5.41, 5.74) is 4.05. The minimum Gasteiger partial charge on any atom is -0.478 e. The van der Waals surface area contributed by atoms with Gasteiger partial charge in [-0.3, -0.25) is 0 Å². The summed E-state index contributed by atoms with van der Waals surface area (Å²) in [4.78, 5) is 17.3. The molecular formula is C21H20ClNO2S. The average Bonchev–Trinajstić information content (AvgIpc) is 3.00. The van der Waals surface area contributed by atoms with Crippen LogP contribution < -0.4 is 0 Å². The normalized spacial score (nSPS) is 11.1. The lowest BCUT2D eigenvalue weighted by Crippen LogP contribution is -1.95. The number of aryl methyl sites for hydroxylation is 1. The fourth-order valence-electron chi connectivity index (χ4n) is 2.74.